The van der Waals surface area contributed by atoms with Crippen LogP contribution >= 0.6 is 0 Å². The van der Waals surface area contributed by atoms with Crippen molar-refractivity contribution in [3.8, 4) is 6.07 Å². The van der Waals surface area contributed by atoms with Crippen molar-refractivity contribution in [1.82, 2.24) is 9.97 Å². The van der Waals surface area contributed by atoms with E-state index in [4.69, 9.17) is 5.26 Å². The number of carbonyl (C=O) groups is 1. The molecule has 6 heteroatoms. The zero-order valence-corrected chi connectivity index (χ0v) is 13.5. The summed E-state index contributed by atoms with van der Waals surface area (Å²) in [4.78, 5) is 20.6. The van der Waals surface area contributed by atoms with Gasteiger partial charge >= 0.3 is 0 Å². The van der Waals surface area contributed by atoms with E-state index in [-0.39, 0.29) is 11.6 Å². The molecule has 25 heavy (non-hydrogen) atoms. The van der Waals surface area contributed by atoms with E-state index in [2.05, 4.69) is 26.7 Å². The fourth-order valence-electron chi connectivity index (χ4n) is 2.24. The van der Waals surface area contributed by atoms with Gasteiger partial charge in [-0.15, -0.1) is 0 Å². The van der Waals surface area contributed by atoms with Gasteiger partial charge in [-0.2, -0.15) is 5.26 Å². The Balaban J connectivity index is 1.73. The monoisotopic (exact) mass is 329 g/mol. The first-order valence-corrected chi connectivity index (χ1v) is 7.62. The van der Waals surface area contributed by atoms with Crippen LogP contribution < -0.4 is 10.6 Å². The summed E-state index contributed by atoms with van der Waals surface area (Å²) in [5.74, 6) is 0.126. The van der Waals surface area contributed by atoms with Gasteiger partial charge in [0.25, 0.3) is 5.91 Å². The second kappa shape index (κ2) is 7.23. The van der Waals surface area contributed by atoms with Gasteiger partial charge in [0, 0.05) is 5.69 Å². The third-order valence-electron chi connectivity index (χ3n) is 3.59. The molecule has 1 aromatic heterocycles. The van der Waals surface area contributed by atoms with E-state index in [1.165, 1.54) is 12.4 Å². The number of nitriles is 1. The minimum Gasteiger partial charge on any atom is -0.338 e. The first kappa shape index (κ1) is 16.1. The number of rotatable bonds is 4. The lowest BCUT2D eigenvalue weighted by atomic mass is 10.2. The Labute approximate surface area is 145 Å². The predicted octanol–water partition coefficient (Wildman–Crippen LogP) is 3.65. The van der Waals surface area contributed by atoms with Crippen molar-refractivity contribution in [1.29, 1.82) is 5.26 Å². The number of aryl methyl sites for hydroxylation is 1. The molecule has 3 rings (SSSR count). The molecule has 0 aliphatic carbocycles. The van der Waals surface area contributed by atoms with E-state index >= 15 is 0 Å². The summed E-state index contributed by atoms with van der Waals surface area (Å²) in [7, 11) is 0. The number of carbonyl (C=O) groups excluding carboxylic acids is 1. The van der Waals surface area contributed by atoms with Crippen LogP contribution in [0.4, 0.5) is 17.2 Å². The van der Waals surface area contributed by atoms with E-state index in [0.29, 0.717) is 17.1 Å². The molecular weight excluding hydrogens is 314 g/mol. The summed E-state index contributed by atoms with van der Waals surface area (Å²) in [6, 6.07) is 16.7. The van der Waals surface area contributed by atoms with Crippen molar-refractivity contribution in [2.24, 2.45) is 0 Å². The summed E-state index contributed by atoms with van der Waals surface area (Å²) in [6.07, 6.45) is 2.85. The van der Waals surface area contributed by atoms with Crippen molar-refractivity contribution in [2.75, 3.05) is 10.6 Å². The second-order valence-electron chi connectivity index (χ2n) is 5.34. The first-order chi connectivity index (χ1) is 12.2. The lowest BCUT2D eigenvalue weighted by molar-refractivity contribution is 0.102. The zero-order valence-electron chi connectivity index (χ0n) is 13.5. The maximum absolute atomic E-state index is 12.3. The normalized spacial score (nSPS) is 9.92. The molecule has 1 heterocycles. The number of aromatic nitrogens is 2. The van der Waals surface area contributed by atoms with Gasteiger partial charge in [0.2, 0.25) is 0 Å². The van der Waals surface area contributed by atoms with Crippen LogP contribution in [0.5, 0.6) is 0 Å². The number of anilines is 3. The number of nitrogens with zero attached hydrogens (tertiary/aromatic N) is 3. The lowest BCUT2D eigenvalue weighted by Crippen LogP contribution is -2.15. The fraction of sp³-hybridized carbons (Fsp3) is 0.0526. The molecule has 1 amide bonds. The van der Waals surface area contributed by atoms with E-state index in [1.54, 1.807) is 18.2 Å². The molecule has 122 valence electrons. The van der Waals surface area contributed by atoms with Crippen molar-refractivity contribution in [3.63, 3.8) is 0 Å². The molecule has 0 fully saturated rings. The smallest absolute Gasteiger partial charge is 0.275 e. The third-order valence-corrected chi connectivity index (χ3v) is 3.59. The van der Waals surface area contributed by atoms with Crippen LogP contribution in [0.3, 0.4) is 0 Å². The largest absolute Gasteiger partial charge is 0.338 e. The summed E-state index contributed by atoms with van der Waals surface area (Å²) in [5.41, 5.74) is 3.05. The molecule has 6 nitrogen and oxygen atoms in total. The number of hydrogen-bond acceptors (Lipinski definition) is 5. The molecule has 0 spiro atoms. The molecule has 0 aliphatic rings. The van der Waals surface area contributed by atoms with E-state index in [0.717, 1.165) is 11.3 Å². The maximum atomic E-state index is 12.3. The molecule has 3 aromatic rings. The summed E-state index contributed by atoms with van der Waals surface area (Å²) in [6.45, 7) is 1.92. The van der Waals surface area contributed by atoms with Crippen molar-refractivity contribution in [3.05, 3.63) is 77.7 Å². The molecule has 0 saturated heterocycles. The van der Waals surface area contributed by atoms with Crippen LogP contribution in [0.1, 0.15) is 21.6 Å². The van der Waals surface area contributed by atoms with Gasteiger partial charge in [-0.25, -0.2) is 9.97 Å². The Kier molecular flexibility index (Phi) is 4.67. The average Bonchev–Trinajstić information content (AvgIpc) is 2.64. The van der Waals surface area contributed by atoms with Gasteiger partial charge in [-0.1, -0.05) is 30.3 Å². The first-order valence-electron chi connectivity index (χ1n) is 7.62. The molecule has 0 radical (unpaired) electrons. The quantitative estimate of drug-likeness (QED) is 0.762. The molecule has 0 unspecified atom stereocenters. The highest BCUT2D eigenvalue weighted by Crippen LogP contribution is 2.18. The average molecular weight is 329 g/mol. The molecule has 0 atom stereocenters. The topological polar surface area (TPSA) is 90.7 Å². The Bertz CT molecular complexity index is 945. The van der Waals surface area contributed by atoms with E-state index in [1.807, 2.05) is 37.3 Å². The maximum Gasteiger partial charge on any atom is 0.275 e. The van der Waals surface area contributed by atoms with Gasteiger partial charge < -0.3 is 10.6 Å². The van der Waals surface area contributed by atoms with Crippen LogP contribution in [-0.2, 0) is 0 Å². The fourth-order valence-corrected chi connectivity index (χ4v) is 2.24. The van der Waals surface area contributed by atoms with Gasteiger partial charge in [0.15, 0.2) is 0 Å². The van der Waals surface area contributed by atoms with Crippen LogP contribution in [-0.4, -0.2) is 15.9 Å². The Morgan fingerprint density at radius 3 is 2.40 bits per heavy atom. The number of hydrogen-bond donors (Lipinski definition) is 2. The molecular formula is C19H15N5O. The molecule has 0 aliphatic heterocycles. The van der Waals surface area contributed by atoms with Crippen molar-refractivity contribution >= 4 is 23.1 Å². The predicted molar refractivity (Wildman–Crippen MR) is 95.6 cm³/mol. The highest BCUT2D eigenvalue weighted by Gasteiger charge is 2.10. The van der Waals surface area contributed by atoms with Crippen molar-refractivity contribution in [2.45, 2.75) is 6.92 Å². The Hall–Kier alpha value is -3.72. The summed E-state index contributed by atoms with van der Waals surface area (Å²) >= 11 is 0. The molecule has 2 N–H and O–H groups in total. The van der Waals surface area contributed by atoms with Crippen molar-refractivity contribution < 1.29 is 4.79 Å². The SMILES string of the molecule is Cc1ccccc1NC(=O)c1cnc(Nc2ccccc2C#N)cn1. The Morgan fingerprint density at radius 2 is 1.72 bits per heavy atom. The van der Waals surface area contributed by atoms with Gasteiger partial charge in [0.1, 0.15) is 17.6 Å². The van der Waals surface area contributed by atoms with Crippen LogP contribution in [0.15, 0.2) is 60.9 Å². The number of benzene rings is 2. The number of amides is 1. The molecule has 2 aromatic carbocycles. The molecule has 0 bridgehead atoms. The lowest BCUT2D eigenvalue weighted by Gasteiger charge is -2.09. The van der Waals surface area contributed by atoms with E-state index in [9.17, 15) is 4.79 Å². The summed E-state index contributed by atoms with van der Waals surface area (Å²) in [5, 5.41) is 14.9. The highest BCUT2D eigenvalue weighted by atomic mass is 16.1. The van der Waals surface area contributed by atoms with Crippen LogP contribution in [0.25, 0.3) is 0 Å². The number of para-hydroxylation sites is 2. The Morgan fingerprint density at radius 1 is 1.00 bits per heavy atom. The van der Waals surface area contributed by atoms with Gasteiger partial charge in [0.05, 0.1) is 23.6 Å². The van der Waals surface area contributed by atoms with Gasteiger partial charge in [-0.3, -0.25) is 4.79 Å². The number of nitrogens with one attached hydrogen (secondary N) is 2. The van der Waals surface area contributed by atoms with Gasteiger partial charge in [-0.05, 0) is 30.7 Å². The summed E-state index contributed by atoms with van der Waals surface area (Å²) < 4.78 is 0. The molecule has 0 saturated carbocycles. The standard InChI is InChI=1S/C19H15N5O/c1-13-6-2-4-8-15(13)24-19(25)17-11-22-18(12-21-17)23-16-9-5-3-7-14(16)10-20/h2-9,11-12H,1H3,(H,22,23)(H,24,25). The highest BCUT2D eigenvalue weighted by molar-refractivity contribution is 6.03. The van der Waals surface area contributed by atoms with Crippen LogP contribution in [0.2, 0.25) is 0 Å². The van der Waals surface area contributed by atoms with E-state index < -0.39 is 0 Å². The van der Waals surface area contributed by atoms with Crippen LogP contribution in [0, 0.1) is 18.3 Å². The third kappa shape index (κ3) is 3.79. The zero-order chi connectivity index (χ0) is 17.6. The minimum absolute atomic E-state index is 0.211. The minimum atomic E-state index is -0.328. The second-order valence-corrected chi connectivity index (χ2v) is 5.34.